The van der Waals surface area contributed by atoms with Crippen LogP contribution < -0.4 is 10.6 Å². The van der Waals surface area contributed by atoms with Crippen molar-refractivity contribution in [1.82, 2.24) is 5.32 Å². The number of amides is 1. The molecule has 1 aliphatic heterocycles. The largest absolute Gasteiger partial charge is 0.572 e. The van der Waals surface area contributed by atoms with E-state index in [1.54, 1.807) is 6.07 Å². The molecule has 5 nitrogen and oxygen atoms in total. The lowest BCUT2D eigenvalue weighted by molar-refractivity contribution is -0.306. The first kappa shape index (κ1) is 24.9. The molecule has 1 aliphatic carbocycles. The molecule has 1 aromatic rings. The van der Waals surface area contributed by atoms with Gasteiger partial charge in [-0.3, -0.25) is 4.79 Å². The maximum absolute atomic E-state index is 12.6. The molecule has 1 heterocycles. The Morgan fingerprint density at radius 2 is 2.03 bits per heavy atom. The van der Waals surface area contributed by atoms with E-state index in [4.69, 9.17) is 4.74 Å². The maximum atomic E-state index is 12.6. The predicted octanol–water partition coefficient (Wildman–Crippen LogP) is 5.96. The molecule has 0 radical (unpaired) electrons. The van der Waals surface area contributed by atoms with Gasteiger partial charge in [-0.05, 0) is 43.5 Å². The van der Waals surface area contributed by atoms with Gasteiger partial charge in [0.15, 0.2) is 0 Å². The number of anilines is 1. The standard InChI is InChI=1S/C25H31F3N2O3/c1-5-24(14-16(2)32-18(4)17(24)3)29-15-19-7-6-8-21(13-19)30-23(31)20-9-11-22(12-10-20)33-25(26,27)28/h6-9,11,13,17-18,29H,2,5,10,12,14-15H2,1,3-4H3,(H,30,31). The van der Waals surface area contributed by atoms with Crippen molar-refractivity contribution in [2.45, 2.75) is 71.0 Å². The molecule has 0 aromatic heterocycles. The van der Waals surface area contributed by atoms with Crippen molar-refractivity contribution in [2.24, 2.45) is 5.92 Å². The van der Waals surface area contributed by atoms with Gasteiger partial charge >= 0.3 is 6.36 Å². The molecule has 3 unspecified atom stereocenters. The van der Waals surface area contributed by atoms with Crippen LogP contribution in [0, 0.1) is 5.92 Å². The first-order valence-electron chi connectivity index (χ1n) is 11.2. The van der Waals surface area contributed by atoms with Crippen LogP contribution in [0.2, 0.25) is 0 Å². The number of allylic oxidation sites excluding steroid dienone is 3. The van der Waals surface area contributed by atoms with E-state index in [0.717, 1.165) is 24.2 Å². The van der Waals surface area contributed by atoms with E-state index in [2.05, 4.69) is 42.7 Å². The van der Waals surface area contributed by atoms with Crippen LogP contribution in [0.1, 0.15) is 52.0 Å². The highest BCUT2D eigenvalue weighted by Gasteiger charge is 2.42. The lowest BCUT2D eigenvalue weighted by Crippen LogP contribution is -2.56. The molecule has 1 saturated heterocycles. The summed E-state index contributed by atoms with van der Waals surface area (Å²) in [5.41, 5.74) is 1.92. The van der Waals surface area contributed by atoms with E-state index in [0.29, 0.717) is 23.7 Å². The molecule has 1 amide bonds. The van der Waals surface area contributed by atoms with Gasteiger partial charge in [-0.25, -0.2) is 0 Å². The first-order chi connectivity index (χ1) is 15.5. The van der Waals surface area contributed by atoms with Crippen molar-refractivity contribution in [3.8, 4) is 0 Å². The number of ether oxygens (including phenoxy) is 2. The second-order valence-corrected chi connectivity index (χ2v) is 8.72. The average Bonchev–Trinajstić information content (AvgIpc) is 2.75. The summed E-state index contributed by atoms with van der Waals surface area (Å²) >= 11 is 0. The Hall–Kier alpha value is -2.74. The third-order valence-electron chi connectivity index (χ3n) is 6.55. The number of rotatable bonds is 7. The van der Waals surface area contributed by atoms with Crippen molar-refractivity contribution in [3.63, 3.8) is 0 Å². The molecule has 0 bridgehead atoms. The van der Waals surface area contributed by atoms with Gasteiger partial charge in [0.25, 0.3) is 5.91 Å². The number of nitrogens with one attached hydrogen (secondary N) is 2. The zero-order chi connectivity index (χ0) is 24.2. The number of benzene rings is 1. The normalized spacial score (nSPS) is 25.6. The molecule has 8 heteroatoms. The van der Waals surface area contributed by atoms with Crippen molar-refractivity contribution in [1.29, 1.82) is 0 Å². The SMILES string of the molecule is C=C1CC(CC)(NCc2cccc(NC(=O)C3=CC=C(OC(F)(F)F)CC3)c2)C(C)C(C)O1. The van der Waals surface area contributed by atoms with Gasteiger partial charge in [-0.15, -0.1) is 13.2 Å². The summed E-state index contributed by atoms with van der Waals surface area (Å²) in [4.78, 5) is 12.6. The predicted molar refractivity (Wildman–Crippen MR) is 121 cm³/mol. The summed E-state index contributed by atoms with van der Waals surface area (Å²) in [7, 11) is 0. The van der Waals surface area contributed by atoms with Gasteiger partial charge in [0.05, 0.1) is 11.9 Å². The summed E-state index contributed by atoms with van der Waals surface area (Å²) in [6.45, 7) is 11.0. The Morgan fingerprint density at radius 3 is 2.67 bits per heavy atom. The Bertz CT molecular complexity index is 954. The van der Waals surface area contributed by atoms with Crippen molar-refractivity contribution < 1.29 is 27.4 Å². The van der Waals surface area contributed by atoms with Crippen LogP contribution in [0.15, 0.2) is 60.1 Å². The molecule has 3 atom stereocenters. The number of carbonyl (C=O) groups excluding carboxylic acids is 1. The zero-order valence-electron chi connectivity index (χ0n) is 19.2. The maximum Gasteiger partial charge on any atom is 0.572 e. The number of alkyl halides is 3. The van der Waals surface area contributed by atoms with E-state index < -0.39 is 6.36 Å². The van der Waals surface area contributed by atoms with E-state index >= 15 is 0 Å². The molecule has 1 fully saturated rings. The van der Waals surface area contributed by atoms with E-state index in [1.165, 1.54) is 12.2 Å². The molecule has 0 spiro atoms. The zero-order valence-corrected chi connectivity index (χ0v) is 19.2. The Morgan fingerprint density at radius 1 is 1.27 bits per heavy atom. The third-order valence-corrected chi connectivity index (χ3v) is 6.55. The first-order valence-corrected chi connectivity index (χ1v) is 11.2. The van der Waals surface area contributed by atoms with Gasteiger partial charge < -0.3 is 20.1 Å². The fraction of sp³-hybridized carbons (Fsp3) is 0.480. The molecule has 33 heavy (non-hydrogen) atoms. The molecule has 1 aromatic carbocycles. The summed E-state index contributed by atoms with van der Waals surface area (Å²) in [5.74, 6) is 0.551. The van der Waals surface area contributed by atoms with Gasteiger partial charge in [0.1, 0.15) is 5.76 Å². The van der Waals surface area contributed by atoms with Gasteiger partial charge in [-0.2, -0.15) is 0 Å². The van der Waals surface area contributed by atoms with E-state index in [9.17, 15) is 18.0 Å². The van der Waals surface area contributed by atoms with Gasteiger partial charge in [-0.1, -0.05) is 38.6 Å². The Balaban J connectivity index is 1.63. The minimum atomic E-state index is -4.72. The minimum absolute atomic E-state index is 0.0213. The second kappa shape index (κ2) is 10.0. The van der Waals surface area contributed by atoms with Crippen molar-refractivity contribution in [2.75, 3.05) is 5.32 Å². The van der Waals surface area contributed by atoms with Gasteiger partial charge in [0, 0.05) is 42.1 Å². The quantitative estimate of drug-likeness (QED) is 0.523. The number of carbonyl (C=O) groups is 1. The minimum Gasteiger partial charge on any atom is -0.495 e. The summed E-state index contributed by atoms with van der Waals surface area (Å²) in [6.07, 6.45) is -0.213. The van der Waals surface area contributed by atoms with Crippen molar-refractivity contribution >= 4 is 11.6 Å². The average molecular weight is 465 g/mol. The van der Waals surface area contributed by atoms with Crippen LogP contribution in [-0.4, -0.2) is 23.9 Å². The van der Waals surface area contributed by atoms with Crippen LogP contribution in [0.4, 0.5) is 18.9 Å². The molecule has 0 saturated carbocycles. The fourth-order valence-corrected chi connectivity index (χ4v) is 4.45. The Kier molecular flexibility index (Phi) is 7.57. The topological polar surface area (TPSA) is 59.6 Å². The van der Waals surface area contributed by atoms with Crippen LogP contribution in [0.3, 0.4) is 0 Å². The monoisotopic (exact) mass is 464 g/mol. The lowest BCUT2D eigenvalue weighted by atomic mass is 9.74. The van der Waals surface area contributed by atoms with Crippen LogP contribution in [0.5, 0.6) is 0 Å². The molecule has 2 aliphatic rings. The summed E-state index contributed by atoms with van der Waals surface area (Å²) in [5, 5.41) is 6.54. The number of halogens is 3. The highest BCUT2D eigenvalue weighted by atomic mass is 19.4. The lowest BCUT2D eigenvalue weighted by Gasteiger charge is -2.47. The van der Waals surface area contributed by atoms with E-state index in [-0.39, 0.29) is 36.2 Å². The molecule has 2 N–H and O–H groups in total. The highest BCUT2D eigenvalue weighted by molar-refractivity contribution is 6.04. The Labute approximate surface area is 192 Å². The fourth-order valence-electron chi connectivity index (χ4n) is 4.45. The third kappa shape index (κ3) is 6.41. The number of hydrogen-bond donors (Lipinski definition) is 2. The molecular formula is C25H31F3N2O3. The molecule has 180 valence electrons. The van der Waals surface area contributed by atoms with Crippen LogP contribution >= 0.6 is 0 Å². The number of hydrogen-bond acceptors (Lipinski definition) is 4. The molecular weight excluding hydrogens is 433 g/mol. The molecule has 3 rings (SSSR count). The van der Waals surface area contributed by atoms with Crippen molar-refractivity contribution in [3.05, 3.63) is 65.7 Å². The smallest absolute Gasteiger partial charge is 0.495 e. The highest BCUT2D eigenvalue weighted by Crippen LogP contribution is 2.38. The summed E-state index contributed by atoms with van der Waals surface area (Å²) in [6, 6.07) is 7.53. The van der Waals surface area contributed by atoms with E-state index in [1.807, 2.05) is 18.2 Å². The van der Waals surface area contributed by atoms with Crippen LogP contribution in [-0.2, 0) is 20.8 Å². The second-order valence-electron chi connectivity index (χ2n) is 8.72. The summed E-state index contributed by atoms with van der Waals surface area (Å²) < 4.78 is 46.7. The van der Waals surface area contributed by atoms with Crippen LogP contribution in [0.25, 0.3) is 0 Å². The van der Waals surface area contributed by atoms with Gasteiger partial charge in [0.2, 0.25) is 0 Å².